The standard InChI is InChI=1S/C19H15NO6S2/c20-25-26-28-16-9-14(19(22)23)8-15(24-10-12-6-7-27-11-12)17(16)18(21)13-4-2-1-3-5-13/h1-9,11H,10,20H2,(H,22,23). The Morgan fingerprint density at radius 3 is 2.54 bits per heavy atom. The summed E-state index contributed by atoms with van der Waals surface area (Å²) < 4.78 is 10.5. The Kier molecular flexibility index (Phi) is 6.80. The van der Waals surface area contributed by atoms with Crippen molar-refractivity contribution < 1.29 is 28.8 Å². The maximum Gasteiger partial charge on any atom is 0.335 e. The van der Waals surface area contributed by atoms with E-state index in [-0.39, 0.29) is 34.2 Å². The number of carboxylic acids is 1. The fourth-order valence-electron chi connectivity index (χ4n) is 2.44. The van der Waals surface area contributed by atoms with Crippen LogP contribution >= 0.6 is 23.4 Å². The number of nitrogens with two attached hydrogens (primary N) is 1. The van der Waals surface area contributed by atoms with Crippen molar-refractivity contribution in [1.82, 2.24) is 0 Å². The van der Waals surface area contributed by atoms with E-state index >= 15 is 0 Å². The highest BCUT2D eigenvalue weighted by Gasteiger charge is 2.23. The molecule has 3 aromatic rings. The summed E-state index contributed by atoms with van der Waals surface area (Å²) >= 11 is 2.14. The van der Waals surface area contributed by atoms with Gasteiger partial charge in [0, 0.05) is 5.56 Å². The van der Waals surface area contributed by atoms with Crippen LogP contribution in [0.2, 0.25) is 0 Å². The highest BCUT2D eigenvalue weighted by molar-refractivity contribution is 7.94. The Balaban J connectivity index is 2.08. The van der Waals surface area contributed by atoms with Gasteiger partial charge in [-0.3, -0.25) is 4.79 Å². The molecule has 28 heavy (non-hydrogen) atoms. The molecule has 0 saturated heterocycles. The van der Waals surface area contributed by atoms with Crippen molar-refractivity contribution >= 4 is 35.1 Å². The van der Waals surface area contributed by atoms with Crippen LogP contribution in [0.1, 0.15) is 31.8 Å². The van der Waals surface area contributed by atoms with Gasteiger partial charge in [0.05, 0.1) is 28.1 Å². The molecule has 3 N–H and O–H groups in total. The molecule has 0 aliphatic rings. The fraction of sp³-hybridized carbons (Fsp3) is 0.0526. The summed E-state index contributed by atoms with van der Waals surface area (Å²) in [6.07, 6.45) is 0. The number of ketones is 1. The first kappa shape index (κ1) is 20.1. The van der Waals surface area contributed by atoms with Gasteiger partial charge in [-0.15, -0.1) is 9.32 Å². The van der Waals surface area contributed by atoms with Crippen LogP contribution in [0.15, 0.2) is 64.2 Å². The average molecular weight is 417 g/mol. The summed E-state index contributed by atoms with van der Waals surface area (Å²) in [5, 5.41) is 13.2. The van der Waals surface area contributed by atoms with Crippen LogP contribution in [0, 0.1) is 0 Å². The summed E-state index contributed by atoms with van der Waals surface area (Å²) in [4.78, 5) is 29.0. The number of carbonyl (C=O) groups excluding carboxylic acids is 1. The van der Waals surface area contributed by atoms with Gasteiger partial charge in [-0.1, -0.05) is 30.3 Å². The summed E-state index contributed by atoms with van der Waals surface area (Å²) in [7, 11) is 0. The van der Waals surface area contributed by atoms with Crippen LogP contribution < -0.4 is 10.6 Å². The number of benzene rings is 2. The lowest BCUT2D eigenvalue weighted by Crippen LogP contribution is -2.10. The van der Waals surface area contributed by atoms with E-state index in [2.05, 4.69) is 9.32 Å². The van der Waals surface area contributed by atoms with Gasteiger partial charge in [0.1, 0.15) is 12.4 Å². The Morgan fingerprint density at radius 1 is 1.11 bits per heavy atom. The molecular weight excluding hydrogens is 402 g/mol. The van der Waals surface area contributed by atoms with E-state index in [1.165, 1.54) is 23.5 Å². The molecule has 0 unspecified atom stereocenters. The van der Waals surface area contributed by atoms with E-state index < -0.39 is 5.97 Å². The number of thiophene rings is 1. The molecule has 0 aliphatic heterocycles. The number of hydrogen-bond donors (Lipinski definition) is 2. The zero-order valence-corrected chi connectivity index (χ0v) is 16.0. The molecule has 0 fully saturated rings. The molecule has 3 rings (SSSR count). The second-order valence-corrected chi connectivity index (χ2v) is 7.04. The predicted octanol–water partition coefficient (Wildman–Crippen LogP) is 4.09. The van der Waals surface area contributed by atoms with Crippen molar-refractivity contribution in [2.75, 3.05) is 0 Å². The Labute approximate surface area is 168 Å². The van der Waals surface area contributed by atoms with Crippen LogP contribution in [-0.2, 0) is 15.9 Å². The minimum absolute atomic E-state index is 0.0620. The minimum Gasteiger partial charge on any atom is -0.488 e. The van der Waals surface area contributed by atoms with Crippen LogP contribution in [-0.4, -0.2) is 16.9 Å². The van der Waals surface area contributed by atoms with Crippen LogP contribution in [0.5, 0.6) is 5.75 Å². The Bertz CT molecular complexity index is 960. The zero-order valence-electron chi connectivity index (χ0n) is 14.4. The van der Waals surface area contributed by atoms with Crippen LogP contribution in [0.25, 0.3) is 0 Å². The largest absolute Gasteiger partial charge is 0.488 e. The molecule has 0 aliphatic carbocycles. The van der Waals surface area contributed by atoms with E-state index in [0.29, 0.717) is 17.6 Å². The SMILES string of the molecule is NOOSc1cc(C(=O)O)cc(OCc2ccsc2)c1C(=O)c1ccccc1. The van der Waals surface area contributed by atoms with E-state index in [4.69, 9.17) is 10.6 Å². The fourth-order valence-corrected chi connectivity index (χ4v) is 3.66. The van der Waals surface area contributed by atoms with Gasteiger partial charge in [0.2, 0.25) is 0 Å². The third-order valence-electron chi connectivity index (χ3n) is 3.71. The van der Waals surface area contributed by atoms with Crippen LogP contribution in [0.3, 0.4) is 0 Å². The van der Waals surface area contributed by atoms with Crippen molar-refractivity contribution in [2.24, 2.45) is 5.90 Å². The third kappa shape index (κ3) is 4.77. The molecule has 2 aromatic carbocycles. The molecule has 0 spiro atoms. The second kappa shape index (κ2) is 9.49. The maximum atomic E-state index is 13.1. The number of carbonyl (C=O) groups is 2. The lowest BCUT2D eigenvalue weighted by Gasteiger charge is -2.15. The first-order valence-electron chi connectivity index (χ1n) is 7.95. The average Bonchev–Trinajstić information content (AvgIpc) is 3.24. The van der Waals surface area contributed by atoms with Gasteiger partial charge >= 0.3 is 5.97 Å². The summed E-state index contributed by atoms with van der Waals surface area (Å²) in [6.45, 7) is 0.181. The second-order valence-electron chi connectivity index (χ2n) is 5.52. The smallest absolute Gasteiger partial charge is 0.335 e. The molecule has 9 heteroatoms. The molecule has 0 radical (unpaired) electrons. The molecule has 7 nitrogen and oxygen atoms in total. The van der Waals surface area contributed by atoms with Gasteiger partial charge < -0.3 is 9.84 Å². The lowest BCUT2D eigenvalue weighted by molar-refractivity contribution is -0.195. The van der Waals surface area contributed by atoms with Crippen molar-refractivity contribution in [3.05, 3.63) is 81.5 Å². The summed E-state index contributed by atoms with van der Waals surface area (Å²) in [5.74, 6) is 3.51. The van der Waals surface area contributed by atoms with Gasteiger partial charge in [-0.05, 0) is 34.5 Å². The first-order chi connectivity index (χ1) is 13.6. The van der Waals surface area contributed by atoms with Crippen molar-refractivity contribution in [3.8, 4) is 5.75 Å². The predicted molar refractivity (Wildman–Crippen MR) is 104 cm³/mol. The third-order valence-corrected chi connectivity index (χ3v) is 5.09. The topological polar surface area (TPSA) is 108 Å². The first-order valence-corrected chi connectivity index (χ1v) is 9.63. The van der Waals surface area contributed by atoms with Crippen molar-refractivity contribution in [1.29, 1.82) is 0 Å². The van der Waals surface area contributed by atoms with E-state index in [9.17, 15) is 14.7 Å². The quantitative estimate of drug-likeness (QED) is 0.232. The van der Waals surface area contributed by atoms with E-state index in [1.807, 2.05) is 16.8 Å². The Hall–Kier alpha value is -2.69. The maximum absolute atomic E-state index is 13.1. The Morgan fingerprint density at radius 2 is 1.89 bits per heavy atom. The van der Waals surface area contributed by atoms with E-state index in [0.717, 1.165) is 5.56 Å². The van der Waals surface area contributed by atoms with Crippen molar-refractivity contribution in [2.45, 2.75) is 11.5 Å². The number of ether oxygens (including phenoxy) is 1. The molecule has 1 heterocycles. The molecular formula is C19H15NO6S2. The molecule has 144 valence electrons. The summed E-state index contributed by atoms with van der Waals surface area (Å²) in [6, 6.07) is 13.1. The molecule has 0 amide bonds. The van der Waals surface area contributed by atoms with Gasteiger partial charge in [-0.25, -0.2) is 4.79 Å². The number of hydrogen-bond acceptors (Lipinski definition) is 8. The van der Waals surface area contributed by atoms with Gasteiger partial charge in [0.25, 0.3) is 0 Å². The number of carboxylic acid groups (broad SMARTS) is 1. The van der Waals surface area contributed by atoms with E-state index in [1.54, 1.807) is 30.3 Å². The lowest BCUT2D eigenvalue weighted by atomic mass is 10.0. The molecule has 1 aromatic heterocycles. The van der Waals surface area contributed by atoms with Gasteiger partial charge in [0.15, 0.2) is 5.78 Å². The zero-order chi connectivity index (χ0) is 19.9. The monoisotopic (exact) mass is 417 g/mol. The molecule has 0 saturated carbocycles. The molecule has 0 atom stereocenters. The highest BCUT2D eigenvalue weighted by Crippen LogP contribution is 2.35. The normalized spacial score (nSPS) is 10.6. The summed E-state index contributed by atoms with van der Waals surface area (Å²) in [5.41, 5.74) is 1.42. The number of aromatic carboxylic acids is 1. The van der Waals surface area contributed by atoms with Crippen molar-refractivity contribution in [3.63, 3.8) is 0 Å². The van der Waals surface area contributed by atoms with Crippen LogP contribution in [0.4, 0.5) is 0 Å². The van der Waals surface area contributed by atoms with Gasteiger partial charge in [-0.2, -0.15) is 17.2 Å². The molecule has 0 bridgehead atoms. The number of rotatable bonds is 9. The highest BCUT2D eigenvalue weighted by atomic mass is 32.2. The minimum atomic E-state index is -1.17.